The highest BCUT2D eigenvalue weighted by Gasteiger charge is 2.49. The summed E-state index contributed by atoms with van der Waals surface area (Å²) in [6.45, 7) is 0. The summed E-state index contributed by atoms with van der Waals surface area (Å²) >= 11 is 0. The normalized spacial score (nSPS) is 25.5. The van der Waals surface area contributed by atoms with Crippen LogP contribution in [0.3, 0.4) is 0 Å². The first kappa shape index (κ1) is 18.4. The maximum Gasteiger partial charge on any atom is 0.302 e. The summed E-state index contributed by atoms with van der Waals surface area (Å²) in [5.41, 5.74) is 4.29. The van der Waals surface area contributed by atoms with Crippen molar-refractivity contribution in [2.24, 2.45) is 4.99 Å². The fraction of sp³-hybridized carbons (Fsp3) is 0.320. The number of fused-ring (bicyclic) bond motifs is 2. The first-order valence-corrected chi connectivity index (χ1v) is 11.0. The van der Waals surface area contributed by atoms with Gasteiger partial charge in [-0.25, -0.2) is 4.99 Å². The Morgan fingerprint density at radius 1 is 1.06 bits per heavy atom. The van der Waals surface area contributed by atoms with Crippen molar-refractivity contribution in [1.82, 2.24) is 10.3 Å². The number of aliphatic imine (C=N–C) groups is 1. The molecule has 2 heterocycles. The maximum atomic E-state index is 13.0. The zero-order valence-electron chi connectivity index (χ0n) is 17.2. The van der Waals surface area contributed by atoms with Crippen LogP contribution in [0.5, 0.6) is 0 Å². The highest BCUT2D eigenvalue weighted by atomic mass is 16.4. The summed E-state index contributed by atoms with van der Waals surface area (Å²) < 4.78 is 5.84. The molecule has 2 atom stereocenters. The lowest BCUT2D eigenvalue weighted by Gasteiger charge is -2.37. The minimum Gasteiger partial charge on any atom is -0.423 e. The molecule has 31 heavy (non-hydrogen) atoms. The average Bonchev–Trinajstić information content (AvgIpc) is 3.38. The predicted octanol–water partition coefficient (Wildman–Crippen LogP) is 4.91. The van der Waals surface area contributed by atoms with Crippen LogP contribution in [-0.2, 0) is 4.79 Å². The molecule has 6 nitrogen and oxygen atoms in total. The van der Waals surface area contributed by atoms with Gasteiger partial charge >= 0.3 is 6.01 Å². The van der Waals surface area contributed by atoms with Gasteiger partial charge in [-0.2, -0.15) is 4.98 Å². The molecule has 156 valence electrons. The van der Waals surface area contributed by atoms with Crippen molar-refractivity contribution in [1.29, 1.82) is 0 Å². The summed E-state index contributed by atoms with van der Waals surface area (Å²) in [6.07, 6.45) is 5.10. The molecule has 1 saturated carbocycles. The second kappa shape index (κ2) is 7.08. The van der Waals surface area contributed by atoms with Crippen molar-refractivity contribution in [3.63, 3.8) is 0 Å². The number of para-hydroxylation sites is 2. The van der Waals surface area contributed by atoms with Gasteiger partial charge in [-0.05, 0) is 55.7 Å². The van der Waals surface area contributed by atoms with Crippen molar-refractivity contribution in [3.05, 3.63) is 71.4 Å². The van der Waals surface area contributed by atoms with Gasteiger partial charge in [0.15, 0.2) is 11.4 Å². The monoisotopic (exact) mass is 412 g/mol. The van der Waals surface area contributed by atoms with E-state index < -0.39 is 5.54 Å². The number of hydrogen-bond donors (Lipinski definition) is 2. The zero-order valence-corrected chi connectivity index (χ0v) is 17.2. The van der Waals surface area contributed by atoms with E-state index in [2.05, 4.69) is 39.9 Å². The molecule has 0 saturated heterocycles. The van der Waals surface area contributed by atoms with E-state index in [1.165, 1.54) is 5.56 Å². The van der Waals surface area contributed by atoms with Gasteiger partial charge in [0, 0.05) is 17.7 Å². The lowest BCUT2D eigenvalue weighted by molar-refractivity contribution is -0.116. The van der Waals surface area contributed by atoms with Crippen LogP contribution in [0, 0.1) is 0 Å². The van der Waals surface area contributed by atoms with Crippen LogP contribution >= 0.6 is 0 Å². The number of carbonyl (C=O) groups is 1. The minimum atomic E-state index is -0.479. The molecule has 1 fully saturated rings. The second-order valence-corrected chi connectivity index (χ2v) is 8.71. The van der Waals surface area contributed by atoms with Gasteiger partial charge in [0.1, 0.15) is 5.52 Å². The Morgan fingerprint density at radius 2 is 1.90 bits per heavy atom. The van der Waals surface area contributed by atoms with Crippen molar-refractivity contribution < 1.29 is 9.21 Å². The zero-order chi connectivity index (χ0) is 20.8. The Balaban J connectivity index is 1.36. The SMILES string of the molecule is O=C1CCCC2=C1[C@@]1(CCC(c3ccccc3)C1)N=C(Nc1nc3ccccc3o1)N2. The number of rotatable bonds is 2. The molecule has 0 bridgehead atoms. The molecule has 0 radical (unpaired) electrons. The second-order valence-electron chi connectivity index (χ2n) is 8.71. The van der Waals surface area contributed by atoms with Gasteiger partial charge in [0.05, 0.1) is 5.54 Å². The average molecular weight is 412 g/mol. The summed E-state index contributed by atoms with van der Waals surface area (Å²) in [7, 11) is 0. The van der Waals surface area contributed by atoms with Crippen molar-refractivity contribution in [3.8, 4) is 0 Å². The molecule has 2 aromatic carbocycles. The standard InChI is InChI=1S/C25H24N4O2/c30-20-11-6-10-19-22(20)25(14-13-17(15-25)16-7-2-1-3-8-16)29-23(26-19)28-24-27-18-9-4-5-12-21(18)31-24/h1-5,7-9,12,17H,6,10-11,13-15H2,(H2,26,27,28,29)/t17?,25-/m0/s1. The maximum absolute atomic E-state index is 13.0. The third-order valence-electron chi connectivity index (χ3n) is 6.75. The minimum absolute atomic E-state index is 0.243. The number of nitrogens with zero attached hydrogens (tertiary/aromatic N) is 2. The highest BCUT2D eigenvalue weighted by molar-refractivity contribution is 6.04. The molecular weight excluding hydrogens is 388 g/mol. The van der Waals surface area contributed by atoms with Crippen LogP contribution in [0.15, 0.2) is 75.3 Å². The molecule has 3 aliphatic rings. The Hall–Kier alpha value is -3.41. The number of allylic oxidation sites excluding steroid dienone is 1. The van der Waals surface area contributed by atoms with Gasteiger partial charge in [0.25, 0.3) is 0 Å². The number of oxazole rings is 1. The van der Waals surface area contributed by atoms with Gasteiger partial charge in [-0.3, -0.25) is 10.1 Å². The highest BCUT2D eigenvalue weighted by Crippen LogP contribution is 2.50. The van der Waals surface area contributed by atoms with Gasteiger partial charge < -0.3 is 9.73 Å². The summed E-state index contributed by atoms with van der Waals surface area (Å²) in [5, 5.41) is 6.62. The third kappa shape index (κ3) is 3.14. The molecular formula is C25H24N4O2. The molecule has 6 heteroatoms. The van der Waals surface area contributed by atoms with Gasteiger partial charge in [0.2, 0.25) is 5.96 Å². The number of anilines is 1. The van der Waals surface area contributed by atoms with Crippen LogP contribution < -0.4 is 10.6 Å². The summed E-state index contributed by atoms with van der Waals surface area (Å²) in [5.74, 6) is 1.26. The van der Waals surface area contributed by atoms with Crippen LogP contribution in [0.1, 0.15) is 50.0 Å². The molecule has 2 N–H and O–H groups in total. The largest absolute Gasteiger partial charge is 0.423 e. The van der Waals surface area contributed by atoms with E-state index in [1.807, 2.05) is 30.3 Å². The number of benzene rings is 2. The summed E-state index contributed by atoms with van der Waals surface area (Å²) in [6, 6.07) is 18.7. The van der Waals surface area contributed by atoms with E-state index in [4.69, 9.17) is 9.41 Å². The lowest BCUT2D eigenvalue weighted by Crippen LogP contribution is -2.46. The number of Topliss-reactive ketones (excluding diaryl/α,β-unsaturated/α-hetero) is 1. The van der Waals surface area contributed by atoms with E-state index in [9.17, 15) is 4.79 Å². The van der Waals surface area contributed by atoms with Crippen molar-refractivity contribution in [2.45, 2.75) is 50.0 Å². The topological polar surface area (TPSA) is 79.5 Å². The number of ketones is 1. The van der Waals surface area contributed by atoms with E-state index in [1.54, 1.807) is 0 Å². The Kier molecular flexibility index (Phi) is 4.19. The molecule has 1 aliphatic heterocycles. The van der Waals surface area contributed by atoms with E-state index >= 15 is 0 Å². The predicted molar refractivity (Wildman–Crippen MR) is 120 cm³/mol. The molecule has 1 aromatic heterocycles. The number of carbonyl (C=O) groups excluding carboxylic acids is 1. The smallest absolute Gasteiger partial charge is 0.302 e. The molecule has 3 aromatic rings. The molecule has 1 unspecified atom stereocenters. The number of nitrogens with one attached hydrogen (secondary N) is 2. The summed E-state index contributed by atoms with van der Waals surface area (Å²) in [4.78, 5) is 22.6. The fourth-order valence-corrected chi connectivity index (χ4v) is 5.40. The van der Waals surface area contributed by atoms with Gasteiger partial charge in [-0.1, -0.05) is 42.5 Å². The van der Waals surface area contributed by atoms with E-state index in [0.717, 1.165) is 54.5 Å². The Labute approximate surface area is 180 Å². The van der Waals surface area contributed by atoms with Crippen molar-refractivity contribution in [2.75, 3.05) is 5.32 Å². The fourth-order valence-electron chi connectivity index (χ4n) is 5.40. The molecule has 0 amide bonds. The van der Waals surface area contributed by atoms with Crippen LogP contribution in [0.4, 0.5) is 6.01 Å². The van der Waals surface area contributed by atoms with Crippen LogP contribution in [0.2, 0.25) is 0 Å². The lowest BCUT2D eigenvalue weighted by atomic mass is 9.77. The molecule has 6 rings (SSSR count). The molecule has 1 spiro atoms. The first-order chi connectivity index (χ1) is 15.2. The Bertz CT molecular complexity index is 1190. The van der Waals surface area contributed by atoms with Crippen molar-refractivity contribution >= 4 is 28.9 Å². The number of hydrogen-bond acceptors (Lipinski definition) is 6. The Morgan fingerprint density at radius 3 is 2.77 bits per heavy atom. The van der Waals surface area contributed by atoms with Crippen LogP contribution in [-0.4, -0.2) is 22.3 Å². The first-order valence-electron chi connectivity index (χ1n) is 11.0. The number of aromatic nitrogens is 1. The van der Waals surface area contributed by atoms with E-state index in [-0.39, 0.29) is 5.78 Å². The number of guanidine groups is 1. The van der Waals surface area contributed by atoms with E-state index in [0.29, 0.717) is 24.3 Å². The van der Waals surface area contributed by atoms with Crippen LogP contribution in [0.25, 0.3) is 11.1 Å². The molecule has 2 aliphatic carbocycles. The van der Waals surface area contributed by atoms with Gasteiger partial charge in [-0.15, -0.1) is 0 Å². The quantitative estimate of drug-likeness (QED) is 0.625. The third-order valence-corrected chi connectivity index (χ3v) is 6.75.